The molecule has 1 amide bonds. The minimum Gasteiger partial charge on any atom is -0.507 e. The second-order valence-electron chi connectivity index (χ2n) is 3.31. The lowest BCUT2D eigenvalue weighted by atomic mass is 10.0. The number of phenolic OH excluding ortho intramolecular Hbond substituents is 1. The average molecular weight is 195 g/mol. The monoisotopic (exact) mass is 195 g/mol. The van der Waals surface area contributed by atoms with Gasteiger partial charge in [-0.3, -0.25) is 4.79 Å². The van der Waals surface area contributed by atoms with E-state index in [1.807, 2.05) is 0 Å². The second kappa shape index (κ2) is 3.67. The van der Waals surface area contributed by atoms with Gasteiger partial charge in [0, 0.05) is 0 Å². The van der Waals surface area contributed by atoms with E-state index in [-0.39, 0.29) is 5.75 Å². The number of amides is 1. The number of primary amides is 1. The van der Waals surface area contributed by atoms with Crippen molar-refractivity contribution >= 4 is 5.91 Å². The van der Waals surface area contributed by atoms with E-state index < -0.39 is 12.0 Å². The molecule has 1 unspecified atom stereocenters. The predicted molar refractivity (Wildman–Crippen MR) is 51.7 cm³/mol. The van der Waals surface area contributed by atoms with Crippen LogP contribution in [-0.4, -0.2) is 16.1 Å². The van der Waals surface area contributed by atoms with Crippen LogP contribution in [-0.2, 0) is 4.79 Å². The summed E-state index contributed by atoms with van der Waals surface area (Å²) in [7, 11) is 0. The molecule has 0 spiro atoms. The highest BCUT2D eigenvalue weighted by Gasteiger charge is 2.15. The molecule has 0 saturated heterocycles. The summed E-state index contributed by atoms with van der Waals surface area (Å²) in [5.41, 5.74) is 6.59. The van der Waals surface area contributed by atoms with Crippen molar-refractivity contribution in [3.8, 4) is 5.75 Å². The molecule has 1 aromatic rings. The number of carbonyl (C=O) groups excluding carboxylic acids is 1. The van der Waals surface area contributed by atoms with Gasteiger partial charge in [-0.25, -0.2) is 0 Å². The van der Waals surface area contributed by atoms with Crippen molar-refractivity contribution in [2.24, 2.45) is 5.73 Å². The van der Waals surface area contributed by atoms with E-state index in [2.05, 4.69) is 0 Å². The Morgan fingerprint density at radius 3 is 2.14 bits per heavy atom. The van der Waals surface area contributed by atoms with Crippen LogP contribution in [0.4, 0.5) is 0 Å². The van der Waals surface area contributed by atoms with Crippen LogP contribution in [0.25, 0.3) is 0 Å². The molecule has 0 bridgehead atoms. The molecule has 4 N–H and O–H groups in total. The molecule has 0 fully saturated rings. The third-order valence-electron chi connectivity index (χ3n) is 2.10. The number of carbonyl (C=O) groups is 1. The Kier molecular flexibility index (Phi) is 2.76. The number of rotatable bonds is 2. The van der Waals surface area contributed by atoms with Crippen LogP contribution in [0.1, 0.15) is 22.8 Å². The zero-order chi connectivity index (χ0) is 10.9. The lowest BCUT2D eigenvalue weighted by Gasteiger charge is -2.10. The van der Waals surface area contributed by atoms with Crippen LogP contribution in [0.2, 0.25) is 0 Å². The first-order chi connectivity index (χ1) is 6.43. The van der Waals surface area contributed by atoms with E-state index >= 15 is 0 Å². The Morgan fingerprint density at radius 1 is 1.36 bits per heavy atom. The van der Waals surface area contributed by atoms with Gasteiger partial charge in [0.1, 0.15) is 5.75 Å². The highest BCUT2D eigenvalue weighted by molar-refractivity contribution is 5.80. The summed E-state index contributed by atoms with van der Waals surface area (Å²) < 4.78 is 0. The summed E-state index contributed by atoms with van der Waals surface area (Å²) in [4.78, 5) is 10.7. The Bertz CT molecular complexity index is 351. The zero-order valence-electron chi connectivity index (χ0n) is 8.11. The first-order valence-corrected chi connectivity index (χ1v) is 4.21. The second-order valence-corrected chi connectivity index (χ2v) is 3.31. The predicted octanol–water partition coefficient (Wildman–Crippen LogP) is 0.528. The van der Waals surface area contributed by atoms with Crippen LogP contribution in [0, 0.1) is 13.8 Å². The minimum absolute atomic E-state index is 0.172. The van der Waals surface area contributed by atoms with Gasteiger partial charge >= 0.3 is 0 Å². The van der Waals surface area contributed by atoms with Crippen LogP contribution in [0.5, 0.6) is 5.75 Å². The van der Waals surface area contributed by atoms with Crippen molar-refractivity contribution < 1.29 is 15.0 Å². The molecule has 0 radical (unpaired) electrons. The van der Waals surface area contributed by atoms with Gasteiger partial charge in [0.15, 0.2) is 6.10 Å². The molecular formula is C10H13NO3. The largest absolute Gasteiger partial charge is 0.507 e. The Labute approximate surface area is 82.0 Å². The number of nitrogens with two attached hydrogens (primary N) is 1. The lowest BCUT2D eigenvalue weighted by molar-refractivity contribution is -0.126. The van der Waals surface area contributed by atoms with Crippen molar-refractivity contribution in [1.29, 1.82) is 0 Å². The van der Waals surface area contributed by atoms with Gasteiger partial charge in [-0.1, -0.05) is 0 Å². The minimum atomic E-state index is -1.31. The quantitative estimate of drug-likeness (QED) is 0.643. The summed E-state index contributed by atoms with van der Waals surface area (Å²) in [6.45, 7) is 3.39. The maximum Gasteiger partial charge on any atom is 0.250 e. The van der Waals surface area contributed by atoms with Crippen LogP contribution in [0.15, 0.2) is 12.1 Å². The molecule has 1 rings (SSSR count). The Morgan fingerprint density at radius 2 is 1.79 bits per heavy atom. The normalized spacial score (nSPS) is 12.5. The lowest BCUT2D eigenvalue weighted by Crippen LogP contribution is -2.21. The topological polar surface area (TPSA) is 83.5 Å². The molecule has 1 aromatic carbocycles. The van der Waals surface area contributed by atoms with Gasteiger partial charge in [-0.15, -0.1) is 0 Å². The molecule has 4 nitrogen and oxygen atoms in total. The van der Waals surface area contributed by atoms with E-state index in [1.165, 1.54) is 12.1 Å². The number of hydrogen-bond donors (Lipinski definition) is 3. The molecule has 0 aliphatic heterocycles. The molecule has 0 aliphatic carbocycles. The van der Waals surface area contributed by atoms with Gasteiger partial charge in [-0.2, -0.15) is 0 Å². The zero-order valence-corrected chi connectivity index (χ0v) is 8.11. The van der Waals surface area contributed by atoms with Crippen molar-refractivity contribution in [3.05, 3.63) is 28.8 Å². The number of aromatic hydroxyl groups is 1. The summed E-state index contributed by atoms with van der Waals surface area (Å²) in [6.07, 6.45) is -1.31. The third-order valence-corrected chi connectivity index (χ3v) is 2.10. The fraction of sp³-hybridized carbons (Fsp3) is 0.300. The van der Waals surface area contributed by atoms with E-state index in [9.17, 15) is 15.0 Å². The number of benzene rings is 1. The molecule has 76 valence electrons. The van der Waals surface area contributed by atoms with Gasteiger partial charge < -0.3 is 15.9 Å². The van der Waals surface area contributed by atoms with Crippen molar-refractivity contribution in [3.63, 3.8) is 0 Å². The molecule has 4 heteroatoms. The first-order valence-electron chi connectivity index (χ1n) is 4.21. The summed E-state index contributed by atoms with van der Waals surface area (Å²) in [6, 6.07) is 3.08. The van der Waals surface area contributed by atoms with E-state index in [0.717, 1.165) is 0 Å². The highest BCUT2D eigenvalue weighted by atomic mass is 16.3. The SMILES string of the molecule is Cc1cc(C(O)C(N)=O)cc(C)c1O. The molecule has 0 aliphatic rings. The van der Waals surface area contributed by atoms with E-state index in [0.29, 0.717) is 16.7 Å². The number of phenols is 1. The van der Waals surface area contributed by atoms with E-state index in [1.54, 1.807) is 13.8 Å². The standard InChI is InChI=1S/C10H13NO3/c1-5-3-7(9(13)10(11)14)4-6(2)8(5)12/h3-4,9,12-13H,1-2H3,(H2,11,14). The molecule has 0 heterocycles. The first kappa shape index (κ1) is 10.5. The van der Waals surface area contributed by atoms with E-state index in [4.69, 9.17) is 5.73 Å². The Hall–Kier alpha value is -1.55. The Balaban J connectivity index is 3.19. The van der Waals surface area contributed by atoms with Gasteiger partial charge in [0.2, 0.25) is 0 Å². The average Bonchev–Trinajstić information content (AvgIpc) is 2.12. The molecular weight excluding hydrogens is 182 g/mol. The highest BCUT2D eigenvalue weighted by Crippen LogP contribution is 2.25. The fourth-order valence-electron chi connectivity index (χ4n) is 1.31. The van der Waals surface area contributed by atoms with Crippen molar-refractivity contribution in [2.45, 2.75) is 20.0 Å². The fourth-order valence-corrected chi connectivity index (χ4v) is 1.31. The third kappa shape index (κ3) is 1.85. The summed E-state index contributed by atoms with van der Waals surface area (Å²) in [5, 5.41) is 18.8. The van der Waals surface area contributed by atoms with Crippen LogP contribution >= 0.6 is 0 Å². The van der Waals surface area contributed by atoms with Gasteiger partial charge in [0.05, 0.1) is 0 Å². The molecule has 1 atom stereocenters. The van der Waals surface area contributed by atoms with Gasteiger partial charge in [-0.05, 0) is 42.7 Å². The smallest absolute Gasteiger partial charge is 0.250 e. The molecule has 0 aromatic heterocycles. The number of aliphatic hydroxyl groups excluding tert-OH is 1. The number of aliphatic hydroxyl groups is 1. The number of aryl methyl sites for hydroxylation is 2. The van der Waals surface area contributed by atoms with Crippen molar-refractivity contribution in [2.75, 3.05) is 0 Å². The maximum absolute atomic E-state index is 10.7. The maximum atomic E-state index is 10.7. The van der Waals surface area contributed by atoms with Gasteiger partial charge in [0.25, 0.3) is 5.91 Å². The van der Waals surface area contributed by atoms with Crippen LogP contribution < -0.4 is 5.73 Å². The number of hydrogen-bond acceptors (Lipinski definition) is 3. The molecule has 0 saturated carbocycles. The van der Waals surface area contributed by atoms with Crippen LogP contribution in [0.3, 0.4) is 0 Å². The summed E-state index contributed by atoms with van der Waals surface area (Å²) in [5.74, 6) is -0.625. The summed E-state index contributed by atoms with van der Waals surface area (Å²) >= 11 is 0. The van der Waals surface area contributed by atoms with Crippen molar-refractivity contribution in [1.82, 2.24) is 0 Å². The molecule has 14 heavy (non-hydrogen) atoms.